The molecule has 0 bridgehead atoms. The number of fused-ring (bicyclic) bond motifs is 1. The van der Waals surface area contributed by atoms with Gasteiger partial charge in [-0.1, -0.05) is 28.1 Å². The van der Waals surface area contributed by atoms with Crippen molar-refractivity contribution in [1.82, 2.24) is 10.3 Å². The van der Waals surface area contributed by atoms with Crippen LogP contribution in [0.15, 0.2) is 45.5 Å². The Balaban J connectivity index is 1.84. The zero-order valence-electron chi connectivity index (χ0n) is 9.84. The van der Waals surface area contributed by atoms with Crippen molar-refractivity contribution in [3.63, 3.8) is 0 Å². The Labute approximate surface area is 117 Å². The Morgan fingerprint density at radius 1 is 1.05 bits per heavy atom. The van der Waals surface area contributed by atoms with Crippen LogP contribution in [-0.4, -0.2) is 10.3 Å². The molecule has 2 N–H and O–H groups in total. The number of nitrogens with two attached hydrogens (primary N) is 1. The Kier molecular flexibility index (Phi) is 3.08. The van der Waals surface area contributed by atoms with Crippen LogP contribution in [0.5, 0.6) is 5.75 Å². The van der Waals surface area contributed by atoms with Crippen LogP contribution in [-0.2, 0) is 6.61 Å². The summed E-state index contributed by atoms with van der Waals surface area (Å²) in [4.78, 5) is 0. The number of benzene rings is 2. The first kappa shape index (κ1) is 12.0. The van der Waals surface area contributed by atoms with Gasteiger partial charge >= 0.3 is 0 Å². The first-order chi connectivity index (χ1) is 9.24. The number of ether oxygens (including phenoxy) is 1. The highest BCUT2D eigenvalue weighted by atomic mass is 79.9. The van der Waals surface area contributed by atoms with Crippen molar-refractivity contribution in [3.8, 4) is 5.75 Å². The zero-order valence-corrected chi connectivity index (χ0v) is 11.4. The van der Waals surface area contributed by atoms with E-state index < -0.39 is 0 Å². The van der Waals surface area contributed by atoms with E-state index >= 15 is 0 Å². The van der Waals surface area contributed by atoms with Crippen molar-refractivity contribution >= 4 is 32.7 Å². The van der Waals surface area contributed by atoms with E-state index in [4.69, 9.17) is 10.5 Å². The number of nitrogen functional groups attached to an aromatic ring is 1. The van der Waals surface area contributed by atoms with Crippen LogP contribution in [0.25, 0.3) is 11.0 Å². The summed E-state index contributed by atoms with van der Waals surface area (Å²) in [6.07, 6.45) is 0. The minimum atomic E-state index is 0.444. The maximum absolute atomic E-state index is 5.77. The number of hydrogen-bond donors (Lipinski definition) is 1. The second-order valence-electron chi connectivity index (χ2n) is 4.03. The number of nitrogens with zero attached hydrogens (tertiary/aromatic N) is 2. The van der Waals surface area contributed by atoms with E-state index in [0.29, 0.717) is 29.1 Å². The van der Waals surface area contributed by atoms with Gasteiger partial charge in [0.15, 0.2) is 16.8 Å². The van der Waals surface area contributed by atoms with Crippen molar-refractivity contribution < 1.29 is 9.37 Å². The maximum Gasteiger partial charge on any atom is 0.179 e. The summed E-state index contributed by atoms with van der Waals surface area (Å²) in [5, 5.41) is 7.56. The van der Waals surface area contributed by atoms with Gasteiger partial charge in [-0.25, -0.2) is 4.63 Å². The van der Waals surface area contributed by atoms with Gasteiger partial charge in [-0.15, -0.1) is 0 Å². The maximum atomic E-state index is 5.77. The lowest BCUT2D eigenvalue weighted by Gasteiger charge is -2.06. The second kappa shape index (κ2) is 4.89. The normalized spacial score (nSPS) is 10.8. The number of aromatic nitrogens is 2. The van der Waals surface area contributed by atoms with Crippen LogP contribution in [0.3, 0.4) is 0 Å². The van der Waals surface area contributed by atoms with Gasteiger partial charge in [0, 0.05) is 4.47 Å². The van der Waals surface area contributed by atoms with Gasteiger partial charge in [-0.2, -0.15) is 0 Å². The summed E-state index contributed by atoms with van der Waals surface area (Å²) in [5.41, 5.74) is 8.41. The molecule has 0 saturated heterocycles. The molecule has 0 radical (unpaired) electrons. The third-order valence-electron chi connectivity index (χ3n) is 2.72. The lowest BCUT2D eigenvalue weighted by molar-refractivity contribution is 0.299. The van der Waals surface area contributed by atoms with Crippen molar-refractivity contribution in [1.29, 1.82) is 0 Å². The summed E-state index contributed by atoms with van der Waals surface area (Å²) in [7, 11) is 0. The van der Waals surface area contributed by atoms with E-state index in [1.807, 2.05) is 24.3 Å². The highest BCUT2D eigenvalue weighted by Crippen LogP contribution is 2.27. The lowest BCUT2D eigenvalue weighted by Crippen LogP contribution is -1.97. The molecule has 0 saturated carbocycles. The molecular formula is C13H10BrN3O2. The minimum Gasteiger partial charge on any atom is -0.486 e. The molecule has 0 amide bonds. The summed E-state index contributed by atoms with van der Waals surface area (Å²) in [6.45, 7) is 0.444. The average Bonchev–Trinajstić information content (AvgIpc) is 2.90. The lowest BCUT2D eigenvalue weighted by atomic mass is 10.2. The average molecular weight is 320 g/mol. The van der Waals surface area contributed by atoms with Crippen LogP contribution in [0.2, 0.25) is 0 Å². The molecule has 1 heterocycles. The molecule has 0 aliphatic rings. The summed E-state index contributed by atoms with van der Waals surface area (Å²) >= 11 is 3.39. The highest BCUT2D eigenvalue weighted by Gasteiger charge is 2.11. The summed E-state index contributed by atoms with van der Waals surface area (Å²) in [5.74, 6) is 0.605. The fourth-order valence-corrected chi connectivity index (χ4v) is 1.99. The topological polar surface area (TPSA) is 74.2 Å². The van der Waals surface area contributed by atoms with Crippen molar-refractivity contribution in [2.45, 2.75) is 6.61 Å². The molecule has 96 valence electrons. The number of rotatable bonds is 3. The summed E-state index contributed by atoms with van der Waals surface area (Å²) < 4.78 is 11.4. The molecule has 19 heavy (non-hydrogen) atoms. The van der Waals surface area contributed by atoms with Gasteiger partial charge in [0.2, 0.25) is 0 Å². The smallest absolute Gasteiger partial charge is 0.179 e. The van der Waals surface area contributed by atoms with Gasteiger partial charge < -0.3 is 10.5 Å². The van der Waals surface area contributed by atoms with E-state index in [1.54, 1.807) is 12.1 Å². The molecule has 5 nitrogen and oxygen atoms in total. The fraction of sp³-hybridized carbons (Fsp3) is 0.0769. The Morgan fingerprint density at radius 2 is 1.79 bits per heavy atom. The van der Waals surface area contributed by atoms with Gasteiger partial charge in [-0.05, 0) is 40.1 Å². The first-order valence-electron chi connectivity index (χ1n) is 5.62. The number of anilines is 1. The molecular weight excluding hydrogens is 310 g/mol. The van der Waals surface area contributed by atoms with Gasteiger partial charge in [0.25, 0.3) is 0 Å². The SMILES string of the molecule is Nc1ccc(OCc2ccc(Br)cc2)c2nonc12. The van der Waals surface area contributed by atoms with E-state index in [2.05, 4.69) is 30.9 Å². The molecule has 3 rings (SSSR count). The Morgan fingerprint density at radius 3 is 2.58 bits per heavy atom. The fourth-order valence-electron chi connectivity index (χ4n) is 1.72. The molecule has 2 aromatic carbocycles. The monoisotopic (exact) mass is 319 g/mol. The Hall–Kier alpha value is -2.08. The van der Waals surface area contributed by atoms with E-state index in [1.165, 1.54) is 0 Å². The largest absolute Gasteiger partial charge is 0.486 e. The van der Waals surface area contributed by atoms with Gasteiger partial charge in [0.1, 0.15) is 6.61 Å². The quantitative estimate of drug-likeness (QED) is 0.751. The van der Waals surface area contributed by atoms with Crippen molar-refractivity contribution in [2.24, 2.45) is 0 Å². The third-order valence-corrected chi connectivity index (χ3v) is 3.25. The molecule has 3 aromatic rings. The summed E-state index contributed by atoms with van der Waals surface area (Å²) in [6, 6.07) is 11.4. The van der Waals surface area contributed by atoms with Gasteiger partial charge in [-0.3, -0.25) is 0 Å². The zero-order chi connectivity index (χ0) is 13.2. The minimum absolute atomic E-state index is 0.444. The molecule has 0 aliphatic carbocycles. The van der Waals surface area contributed by atoms with E-state index in [0.717, 1.165) is 10.0 Å². The third kappa shape index (κ3) is 2.39. The molecule has 6 heteroatoms. The van der Waals surface area contributed by atoms with E-state index in [9.17, 15) is 0 Å². The first-order valence-corrected chi connectivity index (χ1v) is 6.41. The molecule has 1 aromatic heterocycles. The molecule has 0 aliphatic heterocycles. The number of halogens is 1. The van der Waals surface area contributed by atoms with Crippen LogP contribution < -0.4 is 10.5 Å². The van der Waals surface area contributed by atoms with Crippen molar-refractivity contribution in [2.75, 3.05) is 5.73 Å². The predicted octanol–water partition coefficient (Wildman–Crippen LogP) is 3.15. The molecule has 0 fully saturated rings. The molecule has 0 atom stereocenters. The molecule has 0 unspecified atom stereocenters. The second-order valence-corrected chi connectivity index (χ2v) is 4.95. The van der Waals surface area contributed by atoms with Crippen molar-refractivity contribution in [3.05, 3.63) is 46.4 Å². The predicted molar refractivity (Wildman–Crippen MR) is 74.7 cm³/mol. The highest BCUT2D eigenvalue weighted by molar-refractivity contribution is 9.10. The standard InChI is InChI=1S/C13H10BrN3O2/c14-9-3-1-8(2-4-9)7-18-11-6-5-10(15)12-13(11)17-19-16-12/h1-6H,7,15H2. The van der Waals surface area contributed by atoms with Crippen LogP contribution in [0, 0.1) is 0 Å². The van der Waals surface area contributed by atoms with Crippen LogP contribution in [0.4, 0.5) is 5.69 Å². The molecule has 0 spiro atoms. The van der Waals surface area contributed by atoms with Crippen LogP contribution in [0.1, 0.15) is 5.56 Å². The number of hydrogen-bond acceptors (Lipinski definition) is 5. The Bertz CT molecular complexity index is 709. The van der Waals surface area contributed by atoms with Gasteiger partial charge in [0.05, 0.1) is 5.69 Å². The van der Waals surface area contributed by atoms with Crippen LogP contribution >= 0.6 is 15.9 Å². The van der Waals surface area contributed by atoms with E-state index in [-0.39, 0.29) is 0 Å².